The van der Waals surface area contributed by atoms with Crippen LogP contribution in [0.2, 0.25) is 0 Å². The molecule has 1 aromatic heterocycles. The summed E-state index contributed by atoms with van der Waals surface area (Å²) in [7, 11) is -0.441. The number of ether oxygens (including phenoxy) is 2. The molecule has 0 aliphatic carbocycles. The molecule has 31 heavy (non-hydrogen) atoms. The van der Waals surface area contributed by atoms with Gasteiger partial charge in [0.2, 0.25) is 0 Å². The summed E-state index contributed by atoms with van der Waals surface area (Å²) in [5, 5.41) is 0. The van der Waals surface area contributed by atoms with Crippen LogP contribution in [0.5, 0.6) is 5.75 Å². The molecular weight excluding hydrogens is 440 g/mol. The molecule has 0 spiro atoms. The van der Waals surface area contributed by atoms with Crippen molar-refractivity contribution >= 4 is 43.3 Å². The van der Waals surface area contributed by atoms with Crippen LogP contribution in [0.15, 0.2) is 52.4 Å². The highest BCUT2D eigenvalue weighted by Crippen LogP contribution is 2.23. The number of rotatable bonds is 7. The van der Waals surface area contributed by atoms with Crippen LogP contribution in [0.25, 0.3) is 10.2 Å². The summed E-state index contributed by atoms with van der Waals surface area (Å²) in [5.41, 5.74) is 1.38. The second kappa shape index (κ2) is 9.44. The summed E-state index contributed by atoms with van der Waals surface area (Å²) >= 11 is 1.26. The van der Waals surface area contributed by atoms with Gasteiger partial charge in [-0.05, 0) is 35.9 Å². The van der Waals surface area contributed by atoms with Crippen molar-refractivity contribution < 1.29 is 27.5 Å². The second-order valence-corrected chi connectivity index (χ2v) is 9.90. The molecule has 0 atom stereocenters. The van der Waals surface area contributed by atoms with Gasteiger partial charge in [0, 0.05) is 0 Å². The van der Waals surface area contributed by atoms with E-state index in [0.29, 0.717) is 16.1 Å². The Kier molecular flexibility index (Phi) is 6.91. The zero-order valence-electron chi connectivity index (χ0n) is 17.3. The molecular formula is C21H22N2O6S2. The number of esters is 1. The van der Waals surface area contributed by atoms with E-state index in [0.717, 1.165) is 10.2 Å². The largest absolute Gasteiger partial charge is 0.497 e. The number of sulfone groups is 1. The molecule has 3 rings (SSSR count). The fourth-order valence-electron chi connectivity index (χ4n) is 2.91. The highest BCUT2D eigenvalue weighted by Gasteiger charge is 2.14. The zero-order chi connectivity index (χ0) is 22.6. The lowest BCUT2D eigenvalue weighted by Gasteiger charge is -2.05. The van der Waals surface area contributed by atoms with Crippen LogP contribution in [0.4, 0.5) is 0 Å². The number of hydrogen-bond acceptors (Lipinski definition) is 7. The Labute approximate surface area is 183 Å². The van der Waals surface area contributed by atoms with E-state index in [4.69, 9.17) is 9.47 Å². The highest BCUT2D eigenvalue weighted by atomic mass is 32.2. The molecule has 0 aliphatic rings. The van der Waals surface area contributed by atoms with Crippen molar-refractivity contribution in [3.05, 3.63) is 52.8 Å². The number of benzene rings is 2. The molecule has 1 heterocycles. The first-order chi connectivity index (χ1) is 14.8. The van der Waals surface area contributed by atoms with Crippen LogP contribution in [-0.2, 0) is 37.1 Å². The third kappa shape index (κ3) is 5.20. The lowest BCUT2D eigenvalue weighted by atomic mass is 10.1. The minimum atomic E-state index is -3.30. The molecule has 1 amide bonds. The molecule has 3 aromatic rings. The first-order valence-electron chi connectivity index (χ1n) is 9.41. The topological polar surface area (TPSA) is 104 Å². The Hall–Kier alpha value is -2.98. The van der Waals surface area contributed by atoms with Crippen LogP contribution in [0.1, 0.15) is 12.5 Å². The Morgan fingerprint density at radius 3 is 2.42 bits per heavy atom. The van der Waals surface area contributed by atoms with E-state index in [9.17, 15) is 18.0 Å². The molecule has 0 saturated heterocycles. The monoisotopic (exact) mass is 462 g/mol. The maximum Gasteiger partial charge on any atom is 0.325 e. The van der Waals surface area contributed by atoms with Gasteiger partial charge in [0.05, 0.1) is 41.5 Å². The summed E-state index contributed by atoms with van der Waals surface area (Å²) in [6.45, 7) is 1.49. The molecule has 0 saturated carbocycles. The Morgan fingerprint density at radius 1 is 1.10 bits per heavy atom. The normalized spacial score (nSPS) is 12.2. The number of methoxy groups -OCH3 is 2. The van der Waals surface area contributed by atoms with Gasteiger partial charge in [0.25, 0.3) is 5.91 Å². The highest BCUT2D eigenvalue weighted by molar-refractivity contribution is 7.91. The minimum absolute atomic E-state index is 0.00223. The third-order valence-electron chi connectivity index (χ3n) is 4.64. The van der Waals surface area contributed by atoms with Crippen LogP contribution in [-0.4, -0.2) is 44.8 Å². The molecule has 164 valence electrons. The minimum Gasteiger partial charge on any atom is -0.497 e. The van der Waals surface area contributed by atoms with Gasteiger partial charge in [-0.15, -0.1) is 0 Å². The number of thiazole rings is 1. The van der Waals surface area contributed by atoms with E-state index in [1.165, 1.54) is 30.6 Å². The molecule has 8 nitrogen and oxygen atoms in total. The smallest absolute Gasteiger partial charge is 0.325 e. The van der Waals surface area contributed by atoms with Crippen molar-refractivity contribution in [3.63, 3.8) is 0 Å². The molecule has 0 radical (unpaired) electrons. The number of aromatic nitrogens is 1. The zero-order valence-corrected chi connectivity index (χ0v) is 19.0. The Bertz CT molecular complexity index is 1290. The fraction of sp³-hybridized carbons (Fsp3) is 0.286. The summed E-state index contributed by atoms with van der Waals surface area (Å²) in [6.07, 6.45) is 0.00223. The van der Waals surface area contributed by atoms with E-state index in [1.54, 1.807) is 42.9 Å². The van der Waals surface area contributed by atoms with E-state index < -0.39 is 21.7 Å². The van der Waals surface area contributed by atoms with Gasteiger partial charge in [0.1, 0.15) is 12.3 Å². The number of hydrogen-bond donors (Lipinski definition) is 0. The first-order valence-corrected chi connectivity index (χ1v) is 11.9. The van der Waals surface area contributed by atoms with E-state index in [1.807, 2.05) is 6.07 Å². The van der Waals surface area contributed by atoms with Crippen LogP contribution >= 0.6 is 11.3 Å². The number of nitrogens with zero attached hydrogens (tertiary/aromatic N) is 2. The van der Waals surface area contributed by atoms with Crippen molar-refractivity contribution in [1.82, 2.24) is 4.57 Å². The Morgan fingerprint density at radius 2 is 1.81 bits per heavy atom. The van der Waals surface area contributed by atoms with Gasteiger partial charge in [0.15, 0.2) is 14.6 Å². The van der Waals surface area contributed by atoms with E-state index >= 15 is 0 Å². The van der Waals surface area contributed by atoms with Crippen LogP contribution in [0.3, 0.4) is 0 Å². The summed E-state index contributed by atoms with van der Waals surface area (Å²) in [5.74, 6) is -0.211. The summed E-state index contributed by atoms with van der Waals surface area (Å²) in [6, 6.07) is 11.6. The fourth-order valence-corrected chi connectivity index (χ4v) is 4.87. The Balaban J connectivity index is 1.94. The van der Waals surface area contributed by atoms with Gasteiger partial charge < -0.3 is 14.0 Å². The van der Waals surface area contributed by atoms with Crippen LogP contribution < -0.4 is 9.54 Å². The second-order valence-electron chi connectivity index (χ2n) is 6.61. The number of fused-ring (bicyclic) bond motifs is 1. The predicted octanol–water partition coefficient (Wildman–Crippen LogP) is 2.35. The van der Waals surface area contributed by atoms with Crippen molar-refractivity contribution in [3.8, 4) is 5.75 Å². The lowest BCUT2D eigenvalue weighted by Crippen LogP contribution is -2.22. The molecule has 0 bridgehead atoms. The third-order valence-corrected chi connectivity index (χ3v) is 7.43. The first kappa shape index (κ1) is 22.7. The molecule has 0 unspecified atom stereocenters. The number of carbonyl (C=O) groups excluding carboxylic acids is 2. The molecule has 0 fully saturated rings. The van der Waals surface area contributed by atoms with E-state index in [-0.39, 0.29) is 23.6 Å². The number of carbonyl (C=O) groups is 2. The van der Waals surface area contributed by atoms with E-state index in [2.05, 4.69) is 4.99 Å². The maximum atomic E-state index is 12.6. The quantitative estimate of drug-likeness (QED) is 0.499. The average Bonchev–Trinajstić information content (AvgIpc) is 3.09. The van der Waals surface area contributed by atoms with Crippen molar-refractivity contribution in [1.29, 1.82) is 0 Å². The molecule has 10 heteroatoms. The molecule has 0 aliphatic heterocycles. The van der Waals surface area contributed by atoms with Gasteiger partial charge in [-0.3, -0.25) is 9.59 Å². The van der Waals surface area contributed by atoms with Crippen molar-refractivity contribution in [2.75, 3.05) is 20.0 Å². The summed E-state index contributed by atoms with van der Waals surface area (Å²) in [4.78, 5) is 29.3. The SMILES string of the molecule is CCS(=O)(=O)c1ccc(CC(=O)N=c2sc3cc(OC)ccc3n2CC(=O)OC)cc1. The predicted molar refractivity (Wildman–Crippen MR) is 117 cm³/mol. The number of amides is 1. The van der Waals surface area contributed by atoms with Gasteiger partial charge >= 0.3 is 5.97 Å². The van der Waals surface area contributed by atoms with Gasteiger partial charge in [-0.25, -0.2) is 8.42 Å². The average molecular weight is 463 g/mol. The summed E-state index contributed by atoms with van der Waals surface area (Å²) < 4.78 is 36.3. The van der Waals surface area contributed by atoms with Crippen LogP contribution in [0, 0.1) is 0 Å². The van der Waals surface area contributed by atoms with Gasteiger partial charge in [-0.1, -0.05) is 30.4 Å². The van der Waals surface area contributed by atoms with Gasteiger partial charge in [-0.2, -0.15) is 4.99 Å². The maximum absolute atomic E-state index is 12.6. The molecule has 2 aromatic carbocycles. The standard InChI is InChI=1S/C21H22N2O6S2/c1-4-31(26,27)16-8-5-14(6-9-16)11-19(24)22-21-23(13-20(25)29-3)17-10-7-15(28-2)12-18(17)30-21/h5-10,12H,4,11,13H2,1-3H3. The van der Waals surface area contributed by atoms with Crippen molar-refractivity contribution in [2.45, 2.75) is 24.8 Å². The lowest BCUT2D eigenvalue weighted by molar-refractivity contribution is -0.141. The van der Waals surface area contributed by atoms with Crippen molar-refractivity contribution in [2.24, 2.45) is 4.99 Å². The molecule has 0 N–H and O–H groups in total.